The number of hydrogen-bond acceptors (Lipinski definition) is 3. The standard InChI is InChI=1S/C13H17NO3/c1-2-9-3-4-14(8-9)13(17)10-5-11(15)7-12(16)6-10/h5-7,9,15-16H,2-4,8H2,1H3. The number of aromatic hydroxyl groups is 2. The summed E-state index contributed by atoms with van der Waals surface area (Å²) < 4.78 is 0. The molecule has 1 heterocycles. The number of phenolic OH excluding ortho intramolecular Hbond substituents is 2. The lowest BCUT2D eigenvalue weighted by molar-refractivity contribution is 0.0786. The lowest BCUT2D eigenvalue weighted by Gasteiger charge is -2.16. The van der Waals surface area contributed by atoms with Crippen molar-refractivity contribution in [1.82, 2.24) is 4.90 Å². The smallest absolute Gasteiger partial charge is 0.254 e. The molecule has 2 rings (SSSR count). The van der Waals surface area contributed by atoms with E-state index in [2.05, 4.69) is 6.92 Å². The number of carbonyl (C=O) groups is 1. The first-order chi connectivity index (χ1) is 8.10. The van der Waals surface area contributed by atoms with Crippen LogP contribution in [0.1, 0.15) is 30.1 Å². The van der Waals surface area contributed by atoms with Crippen LogP contribution in [0.5, 0.6) is 11.5 Å². The van der Waals surface area contributed by atoms with Gasteiger partial charge in [-0.15, -0.1) is 0 Å². The second kappa shape index (κ2) is 4.65. The summed E-state index contributed by atoms with van der Waals surface area (Å²) in [6.45, 7) is 3.65. The van der Waals surface area contributed by atoms with E-state index in [1.54, 1.807) is 4.90 Å². The third-order valence-corrected chi connectivity index (χ3v) is 3.30. The third-order valence-electron chi connectivity index (χ3n) is 3.30. The number of likely N-dealkylation sites (tertiary alicyclic amines) is 1. The number of amides is 1. The van der Waals surface area contributed by atoms with Crippen LogP contribution in [0, 0.1) is 5.92 Å². The van der Waals surface area contributed by atoms with E-state index in [0.29, 0.717) is 11.5 Å². The van der Waals surface area contributed by atoms with Gasteiger partial charge in [-0.05, 0) is 24.5 Å². The Bertz CT molecular complexity index is 410. The van der Waals surface area contributed by atoms with Gasteiger partial charge in [0, 0.05) is 24.7 Å². The summed E-state index contributed by atoms with van der Waals surface area (Å²) in [5, 5.41) is 18.7. The number of carbonyl (C=O) groups excluding carboxylic acids is 1. The number of nitrogens with zero attached hydrogens (tertiary/aromatic N) is 1. The van der Waals surface area contributed by atoms with Crippen LogP contribution in [0.2, 0.25) is 0 Å². The molecule has 0 bridgehead atoms. The van der Waals surface area contributed by atoms with Gasteiger partial charge in [0.25, 0.3) is 5.91 Å². The lowest BCUT2D eigenvalue weighted by atomic mass is 10.1. The van der Waals surface area contributed by atoms with Crippen LogP contribution in [0.3, 0.4) is 0 Å². The van der Waals surface area contributed by atoms with Crippen molar-refractivity contribution in [3.05, 3.63) is 23.8 Å². The third kappa shape index (κ3) is 2.52. The van der Waals surface area contributed by atoms with Crippen LogP contribution >= 0.6 is 0 Å². The maximum Gasteiger partial charge on any atom is 0.254 e. The Kier molecular flexibility index (Phi) is 3.22. The average molecular weight is 235 g/mol. The van der Waals surface area contributed by atoms with Crippen molar-refractivity contribution in [3.8, 4) is 11.5 Å². The summed E-state index contributed by atoms with van der Waals surface area (Å²) in [7, 11) is 0. The SMILES string of the molecule is CCC1CCN(C(=O)c2cc(O)cc(O)c2)C1. The molecule has 1 fully saturated rings. The Morgan fingerprint density at radius 3 is 2.53 bits per heavy atom. The first kappa shape index (κ1) is 11.8. The summed E-state index contributed by atoms with van der Waals surface area (Å²) in [6, 6.07) is 4.00. The molecule has 4 heteroatoms. The maximum atomic E-state index is 12.1. The Morgan fingerprint density at radius 2 is 2.00 bits per heavy atom. The van der Waals surface area contributed by atoms with E-state index in [1.165, 1.54) is 18.2 Å². The molecule has 1 aromatic rings. The average Bonchev–Trinajstić information content (AvgIpc) is 2.75. The zero-order chi connectivity index (χ0) is 12.4. The molecule has 1 atom stereocenters. The predicted octanol–water partition coefficient (Wildman–Crippen LogP) is 1.97. The Labute approximate surface area is 100 Å². The van der Waals surface area contributed by atoms with Crippen molar-refractivity contribution >= 4 is 5.91 Å². The van der Waals surface area contributed by atoms with Crippen LogP contribution < -0.4 is 0 Å². The van der Waals surface area contributed by atoms with Gasteiger partial charge in [0.2, 0.25) is 0 Å². The Hall–Kier alpha value is -1.71. The highest BCUT2D eigenvalue weighted by Crippen LogP contribution is 2.25. The summed E-state index contributed by atoms with van der Waals surface area (Å²) in [4.78, 5) is 13.9. The highest BCUT2D eigenvalue weighted by Gasteiger charge is 2.26. The second-order valence-electron chi connectivity index (χ2n) is 4.55. The van der Waals surface area contributed by atoms with E-state index in [9.17, 15) is 15.0 Å². The topological polar surface area (TPSA) is 60.8 Å². The van der Waals surface area contributed by atoms with Gasteiger partial charge < -0.3 is 15.1 Å². The highest BCUT2D eigenvalue weighted by atomic mass is 16.3. The van der Waals surface area contributed by atoms with E-state index in [1.807, 2.05) is 0 Å². The molecule has 1 aliphatic heterocycles. The molecular weight excluding hydrogens is 218 g/mol. The van der Waals surface area contributed by atoms with Gasteiger partial charge in [0.15, 0.2) is 0 Å². The molecule has 0 spiro atoms. The molecule has 0 saturated carbocycles. The molecule has 4 nitrogen and oxygen atoms in total. The van der Waals surface area contributed by atoms with E-state index in [-0.39, 0.29) is 17.4 Å². The minimum absolute atomic E-state index is 0.0837. The van der Waals surface area contributed by atoms with Gasteiger partial charge in [-0.1, -0.05) is 13.3 Å². The number of hydrogen-bond donors (Lipinski definition) is 2. The summed E-state index contributed by atoms with van der Waals surface area (Å²) in [5.41, 5.74) is 0.347. The fourth-order valence-electron chi connectivity index (χ4n) is 2.25. The van der Waals surface area contributed by atoms with Gasteiger partial charge >= 0.3 is 0 Å². The molecule has 0 aliphatic carbocycles. The predicted molar refractivity (Wildman–Crippen MR) is 64.1 cm³/mol. The molecule has 0 aromatic heterocycles. The first-order valence-corrected chi connectivity index (χ1v) is 5.92. The zero-order valence-corrected chi connectivity index (χ0v) is 9.89. The first-order valence-electron chi connectivity index (χ1n) is 5.92. The Morgan fingerprint density at radius 1 is 1.35 bits per heavy atom. The molecule has 1 aliphatic rings. The van der Waals surface area contributed by atoms with Crippen LogP contribution in [-0.2, 0) is 0 Å². The summed E-state index contributed by atoms with van der Waals surface area (Å²) in [5.74, 6) is 0.288. The second-order valence-corrected chi connectivity index (χ2v) is 4.55. The molecule has 17 heavy (non-hydrogen) atoms. The molecule has 1 saturated heterocycles. The van der Waals surface area contributed by atoms with Crippen molar-refractivity contribution < 1.29 is 15.0 Å². The zero-order valence-electron chi connectivity index (χ0n) is 9.89. The quantitative estimate of drug-likeness (QED) is 0.823. The van der Waals surface area contributed by atoms with Crippen LogP contribution in [0.25, 0.3) is 0 Å². The number of rotatable bonds is 2. The minimum Gasteiger partial charge on any atom is -0.508 e. The summed E-state index contributed by atoms with van der Waals surface area (Å²) in [6.07, 6.45) is 2.11. The monoisotopic (exact) mass is 235 g/mol. The fraction of sp³-hybridized carbons (Fsp3) is 0.462. The lowest BCUT2D eigenvalue weighted by Crippen LogP contribution is -2.28. The van der Waals surface area contributed by atoms with Crippen molar-refractivity contribution in [2.45, 2.75) is 19.8 Å². The van der Waals surface area contributed by atoms with Gasteiger partial charge in [-0.2, -0.15) is 0 Å². The van der Waals surface area contributed by atoms with Gasteiger partial charge in [0.05, 0.1) is 0 Å². The molecular formula is C13H17NO3. The van der Waals surface area contributed by atoms with Crippen LogP contribution in [0.15, 0.2) is 18.2 Å². The molecule has 1 unspecified atom stereocenters. The molecule has 1 amide bonds. The van der Waals surface area contributed by atoms with E-state index < -0.39 is 0 Å². The van der Waals surface area contributed by atoms with Gasteiger partial charge in [0.1, 0.15) is 11.5 Å². The molecule has 92 valence electrons. The summed E-state index contributed by atoms with van der Waals surface area (Å²) >= 11 is 0. The van der Waals surface area contributed by atoms with E-state index in [0.717, 1.165) is 25.9 Å². The van der Waals surface area contributed by atoms with Crippen LogP contribution in [0.4, 0.5) is 0 Å². The van der Waals surface area contributed by atoms with Crippen molar-refractivity contribution in [2.75, 3.05) is 13.1 Å². The largest absolute Gasteiger partial charge is 0.508 e. The molecule has 1 aromatic carbocycles. The molecule has 0 radical (unpaired) electrons. The van der Waals surface area contributed by atoms with Crippen molar-refractivity contribution in [3.63, 3.8) is 0 Å². The highest BCUT2D eigenvalue weighted by molar-refractivity contribution is 5.95. The van der Waals surface area contributed by atoms with Crippen molar-refractivity contribution in [2.24, 2.45) is 5.92 Å². The number of benzene rings is 1. The van der Waals surface area contributed by atoms with Gasteiger partial charge in [-0.25, -0.2) is 0 Å². The van der Waals surface area contributed by atoms with E-state index >= 15 is 0 Å². The maximum absolute atomic E-state index is 12.1. The minimum atomic E-state index is -0.118. The van der Waals surface area contributed by atoms with Crippen LogP contribution in [-0.4, -0.2) is 34.1 Å². The fourth-order valence-corrected chi connectivity index (χ4v) is 2.25. The Balaban J connectivity index is 2.14. The van der Waals surface area contributed by atoms with Crippen molar-refractivity contribution in [1.29, 1.82) is 0 Å². The van der Waals surface area contributed by atoms with E-state index in [4.69, 9.17) is 0 Å². The normalized spacial score (nSPS) is 19.6. The molecule has 2 N–H and O–H groups in total. The number of phenols is 2. The van der Waals surface area contributed by atoms with Gasteiger partial charge in [-0.3, -0.25) is 4.79 Å².